The lowest BCUT2D eigenvalue weighted by molar-refractivity contribution is 0.0950. The van der Waals surface area contributed by atoms with Crippen LogP contribution in [0.4, 0.5) is 8.78 Å². The van der Waals surface area contributed by atoms with E-state index in [-0.39, 0.29) is 5.56 Å². The van der Waals surface area contributed by atoms with Crippen molar-refractivity contribution in [2.75, 3.05) is 6.54 Å². The summed E-state index contributed by atoms with van der Waals surface area (Å²) in [6.07, 6.45) is 0. The fourth-order valence-corrected chi connectivity index (χ4v) is 1.56. The third kappa shape index (κ3) is 2.40. The second-order valence-corrected chi connectivity index (χ2v) is 3.85. The first-order valence-corrected chi connectivity index (χ1v) is 5.07. The Morgan fingerprint density at radius 1 is 1.50 bits per heavy atom. The Hall–Kier alpha value is -0.720. The molecule has 5 heteroatoms. The molecule has 0 unspecified atom stereocenters. The Morgan fingerprint density at radius 2 is 2.14 bits per heavy atom. The molecular weight excluding hydrogens is 303 g/mol. The maximum absolute atomic E-state index is 13.1. The molecule has 0 fully saturated rings. The van der Waals surface area contributed by atoms with Gasteiger partial charge in [0, 0.05) is 10.1 Å². The number of carbonyl (C=O) groups is 1. The molecule has 14 heavy (non-hydrogen) atoms. The first-order chi connectivity index (χ1) is 6.56. The summed E-state index contributed by atoms with van der Waals surface area (Å²) in [4.78, 5) is 11.2. The third-order valence-electron chi connectivity index (χ3n) is 1.57. The number of hydrogen-bond donors (Lipinski definition) is 1. The van der Waals surface area contributed by atoms with Crippen LogP contribution in [0.2, 0.25) is 0 Å². The normalized spacial score (nSPS) is 10.0. The molecule has 1 aromatic carbocycles. The average molecular weight is 311 g/mol. The molecule has 0 aromatic heterocycles. The minimum atomic E-state index is -1.10. The summed E-state index contributed by atoms with van der Waals surface area (Å²) in [6.45, 7) is 2.09. The topological polar surface area (TPSA) is 29.1 Å². The van der Waals surface area contributed by atoms with E-state index in [1.807, 2.05) is 22.6 Å². The minimum Gasteiger partial charge on any atom is -0.352 e. The van der Waals surface area contributed by atoms with Gasteiger partial charge < -0.3 is 5.32 Å². The Balaban J connectivity index is 3.13. The Morgan fingerprint density at radius 3 is 2.71 bits per heavy atom. The van der Waals surface area contributed by atoms with Gasteiger partial charge in [-0.3, -0.25) is 4.79 Å². The van der Waals surface area contributed by atoms with Gasteiger partial charge in [0.25, 0.3) is 5.91 Å². The summed E-state index contributed by atoms with van der Waals surface area (Å²) >= 11 is 1.82. The van der Waals surface area contributed by atoms with E-state index >= 15 is 0 Å². The number of benzene rings is 1. The Labute approximate surface area is 93.8 Å². The zero-order chi connectivity index (χ0) is 10.7. The van der Waals surface area contributed by atoms with E-state index in [9.17, 15) is 13.6 Å². The van der Waals surface area contributed by atoms with Gasteiger partial charge in [-0.2, -0.15) is 0 Å². The minimum absolute atomic E-state index is 0.253. The van der Waals surface area contributed by atoms with Crippen LogP contribution in [-0.4, -0.2) is 12.5 Å². The quantitative estimate of drug-likeness (QED) is 0.659. The summed E-state index contributed by atoms with van der Waals surface area (Å²) < 4.78 is 26.5. The molecule has 0 aliphatic carbocycles. The van der Waals surface area contributed by atoms with Crippen LogP contribution in [0, 0.1) is 15.2 Å². The highest BCUT2D eigenvalue weighted by Crippen LogP contribution is 2.16. The van der Waals surface area contributed by atoms with Crippen molar-refractivity contribution < 1.29 is 13.6 Å². The van der Waals surface area contributed by atoms with Crippen LogP contribution in [0.25, 0.3) is 0 Å². The highest BCUT2D eigenvalue weighted by molar-refractivity contribution is 14.1. The van der Waals surface area contributed by atoms with Gasteiger partial charge in [-0.15, -0.1) is 0 Å². The van der Waals surface area contributed by atoms with Crippen LogP contribution in [-0.2, 0) is 0 Å². The second kappa shape index (κ2) is 4.68. The molecule has 0 aliphatic rings. The van der Waals surface area contributed by atoms with Crippen molar-refractivity contribution in [3.05, 3.63) is 32.9 Å². The monoisotopic (exact) mass is 311 g/mol. The van der Waals surface area contributed by atoms with Crippen LogP contribution < -0.4 is 5.32 Å². The molecule has 1 amide bonds. The highest BCUT2D eigenvalue weighted by Gasteiger charge is 2.15. The number of nitrogens with one attached hydrogen (secondary N) is 1. The van der Waals surface area contributed by atoms with Crippen LogP contribution >= 0.6 is 22.6 Å². The molecular formula is C9H8F2INO. The van der Waals surface area contributed by atoms with E-state index in [0.717, 1.165) is 6.07 Å². The first-order valence-electron chi connectivity index (χ1n) is 3.99. The second-order valence-electron chi connectivity index (χ2n) is 2.61. The van der Waals surface area contributed by atoms with Gasteiger partial charge >= 0.3 is 0 Å². The first kappa shape index (κ1) is 11.4. The van der Waals surface area contributed by atoms with Gasteiger partial charge in [-0.05, 0) is 41.6 Å². The van der Waals surface area contributed by atoms with Gasteiger partial charge in [0.2, 0.25) is 0 Å². The van der Waals surface area contributed by atoms with Crippen molar-refractivity contribution in [2.24, 2.45) is 0 Å². The summed E-state index contributed by atoms with van der Waals surface area (Å²) in [5.74, 6) is -2.70. The predicted molar refractivity (Wildman–Crippen MR) is 57.1 cm³/mol. The lowest BCUT2D eigenvalue weighted by Crippen LogP contribution is -2.24. The van der Waals surface area contributed by atoms with Crippen molar-refractivity contribution in [3.63, 3.8) is 0 Å². The van der Waals surface area contributed by atoms with Crippen molar-refractivity contribution in [2.45, 2.75) is 6.92 Å². The molecule has 0 spiro atoms. The summed E-state index contributed by atoms with van der Waals surface area (Å²) in [5.41, 5.74) is -0.253. The molecule has 76 valence electrons. The molecule has 1 aromatic rings. The van der Waals surface area contributed by atoms with Gasteiger partial charge in [0.15, 0.2) is 11.6 Å². The fourth-order valence-electron chi connectivity index (χ4n) is 0.977. The molecule has 0 aliphatic heterocycles. The van der Waals surface area contributed by atoms with E-state index in [0.29, 0.717) is 10.1 Å². The molecule has 0 saturated heterocycles. The van der Waals surface area contributed by atoms with Gasteiger partial charge in [0.05, 0.1) is 5.56 Å². The maximum Gasteiger partial charge on any atom is 0.254 e. The Bertz CT molecular complexity index is 368. The van der Waals surface area contributed by atoms with Crippen molar-refractivity contribution in [1.82, 2.24) is 5.32 Å². The number of rotatable bonds is 2. The molecule has 0 atom stereocenters. The highest BCUT2D eigenvalue weighted by atomic mass is 127. The summed E-state index contributed by atoms with van der Waals surface area (Å²) in [7, 11) is 0. The van der Waals surface area contributed by atoms with Gasteiger partial charge in [-0.25, -0.2) is 8.78 Å². The molecule has 0 radical (unpaired) electrons. The van der Waals surface area contributed by atoms with E-state index in [2.05, 4.69) is 5.32 Å². The van der Waals surface area contributed by atoms with Crippen molar-refractivity contribution in [3.8, 4) is 0 Å². The number of hydrogen-bond acceptors (Lipinski definition) is 1. The van der Waals surface area contributed by atoms with E-state index in [1.54, 1.807) is 6.92 Å². The largest absolute Gasteiger partial charge is 0.352 e. The number of carbonyl (C=O) groups excluding carboxylic acids is 1. The van der Waals surface area contributed by atoms with Crippen molar-refractivity contribution in [1.29, 1.82) is 0 Å². The zero-order valence-corrected chi connectivity index (χ0v) is 9.56. The standard InChI is InChI=1S/C9H8F2INO/c1-2-13-9(14)6-3-5(12)4-7(10)8(6)11/h3-4H,2H2,1H3,(H,13,14). The lowest BCUT2D eigenvalue weighted by atomic mass is 10.2. The molecule has 2 nitrogen and oxygen atoms in total. The van der Waals surface area contributed by atoms with Gasteiger partial charge in [0.1, 0.15) is 0 Å². The van der Waals surface area contributed by atoms with E-state index in [4.69, 9.17) is 0 Å². The molecule has 0 saturated carbocycles. The number of amides is 1. The summed E-state index contributed by atoms with van der Waals surface area (Å²) in [6, 6.07) is 2.35. The lowest BCUT2D eigenvalue weighted by Gasteiger charge is -2.04. The predicted octanol–water partition coefficient (Wildman–Crippen LogP) is 2.32. The van der Waals surface area contributed by atoms with Crippen molar-refractivity contribution >= 4 is 28.5 Å². The molecule has 0 heterocycles. The molecule has 1 rings (SSSR count). The Kier molecular flexibility index (Phi) is 3.79. The smallest absolute Gasteiger partial charge is 0.254 e. The van der Waals surface area contributed by atoms with Crippen LogP contribution in [0.1, 0.15) is 17.3 Å². The van der Waals surface area contributed by atoms with Crippen LogP contribution in [0.3, 0.4) is 0 Å². The van der Waals surface area contributed by atoms with Gasteiger partial charge in [-0.1, -0.05) is 0 Å². The SMILES string of the molecule is CCNC(=O)c1cc(I)cc(F)c1F. The number of halogens is 3. The molecule has 1 N–H and O–H groups in total. The fraction of sp³-hybridized carbons (Fsp3) is 0.222. The third-order valence-corrected chi connectivity index (χ3v) is 2.20. The van der Waals surface area contributed by atoms with Crippen LogP contribution in [0.5, 0.6) is 0 Å². The molecule has 0 bridgehead atoms. The average Bonchev–Trinajstić information content (AvgIpc) is 2.11. The zero-order valence-electron chi connectivity index (χ0n) is 7.40. The van der Waals surface area contributed by atoms with E-state index in [1.165, 1.54) is 6.07 Å². The maximum atomic E-state index is 13.1. The van der Waals surface area contributed by atoms with E-state index < -0.39 is 17.5 Å². The van der Waals surface area contributed by atoms with Crippen LogP contribution in [0.15, 0.2) is 12.1 Å². The summed E-state index contributed by atoms with van der Waals surface area (Å²) in [5, 5.41) is 2.41.